The van der Waals surface area contributed by atoms with Crippen LogP contribution in [0.25, 0.3) is 6.08 Å². The van der Waals surface area contributed by atoms with E-state index in [0.717, 1.165) is 6.08 Å². The van der Waals surface area contributed by atoms with Crippen LogP contribution in [0.1, 0.15) is 35.3 Å². The fourth-order valence-corrected chi connectivity index (χ4v) is 3.42. The number of ether oxygens (including phenoxy) is 1. The Bertz CT molecular complexity index is 947. The number of carbonyl (C=O) groups excluding carboxylic acids is 1. The minimum atomic E-state index is -4.84. The first-order valence-corrected chi connectivity index (χ1v) is 8.82. The van der Waals surface area contributed by atoms with E-state index < -0.39 is 23.1 Å². The van der Waals surface area contributed by atoms with Crippen molar-refractivity contribution in [1.29, 1.82) is 0 Å². The van der Waals surface area contributed by atoms with Crippen LogP contribution in [0.5, 0.6) is 5.75 Å². The van der Waals surface area contributed by atoms with Crippen molar-refractivity contribution in [3.05, 3.63) is 68.7 Å². The number of halogens is 5. The number of benzene rings is 2. The Kier molecular flexibility index (Phi) is 5.04. The van der Waals surface area contributed by atoms with Gasteiger partial charge in [-0.2, -0.15) is 13.2 Å². The van der Waals surface area contributed by atoms with Gasteiger partial charge in [-0.3, -0.25) is 4.79 Å². The predicted molar refractivity (Wildman–Crippen MR) is 99.7 cm³/mol. The normalized spacial score (nSPS) is 16.0. The number of hydrogen-bond acceptors (Lipinski definition) is 2. The minimum Gasteiger partial charge on any atom is -0.487 e. The summed E-state index contributed by atoms with van der Waals surface area (Å²) < 4.78 is 46.4. The second kappa shape index (κ2) is 6.88. The number of fused-ring (bicyclic) bond motifs is 1. The summed E-state index contributed by atoms with van der Waals surface area (Å²) in [7, 11) is 0. The summed E-state index contributed by atoms with van der Waals surface area (Å²) >= 11 is 11.7. The second-order valence-corrected chi connectivity index (χ2v) is 7.76. The van der Waals surface area contributed by atoms with Crippen LogP contribution in [0.4, 0.5) is 13.2 Å². The highest BCUT2D eigenvalue weighted by molar-refractivity contribution is 6.35. The molecule has 7 heteroatoms. The molecule has 2 nitrogen and oxygen atoms in total. The third-order valence-electron chi connectivity index (χ3n) is 4.14. The maximum atomic E-state index is 13.6. The van der Waals surface area contributed by atoms with Gasteiger partial charge in [0.25, 0.3) is 0 Å². The molecule has 0 unspecified atom stereocenters. The fraction of sp³-hybridized carbons (Fsp3) is 0.250. The van der Waals surface area contributed by atoms with E-state index in [4.69, 9.17) is 27.9 Å². The first-order chi connectivity index (χ1) is 12.5. The third kappa shape index (κ3) is 4.30. The SMILES string of the molecule is CC1(C)Cc2cc(C(=O)C(=Cc3ccc(Cl)cc3Cl)C(F)(F)F)ccc2O1. The van der Waals surface area contributed by atoms with Crippen LogP contribution in [0.15, 0.2) is 42.0 Å². The van der Waals surface area contributed by atoms with Gasteiger partial charge in [0, 0.05) is 22.0 Å². The van der Waals surface area contributed by atoms with Crippen LogP contribution in [-0.4, -0.2) is 17.6 Å². The molecule has 0 bridgehead atoms. The lowest BCUT2D eigenvalue weighted by Gasteiger charge is -2.16. The molecule has 2 aromatic carbocycles. The molecule has 0 amide bonds. The Morgan fingerprint density at radius 3 is 2.48 bits per heavy atom. The Morgan fingerprint density at radius 2 is 1.85 bits per heavy atom. The zero-order chi connectivity index (χ0) is 20.0. The molecule has 0 radical (unpaired) electrons. The highest BCUT2D eigenvalue weighted by Gasteiger charge is 2.39. The number of rotatable bonds is 3. The Hall–Kier alpha value is -1.98. The van der Waals surface area contributed by atoms with E-state index in [-0.39, 0.29) is 16.1 Å². The first-order valence-electron chi connectivity index (χ1n) is 8.07. The summed E-state index contributed by atoms with van der Waals surface area (Å²) in [5, 5.41) is 0.319. The van der Waals surface area contributed by atoms with Gasteiger partial charge in [0.05, 0.1) is 0 Å². The molecule has 2 aromatic rings. The van der Waals surface area contributed by atoms with Crippen LogP contribution in [0, 0.1) is 0 Å². The van der Waals surface area contributed by atoms with E-state index in [2.05, 4.69) is 0 Å². The lowest BCUT2D eigenvalue weighted by molar-refractivity contribution is -0.0878. The fourth-order valence-electron chi connectivity index (χ4n) is 2.96. The Morgan fingerprint density at radius 1 is 1.15 bits per heavy atom. The average molecular weight is 415 g/mol. The van der Waals surface area contributed by atoms with E-state index in [9.17, 15) is 18.0 Å². The molecule has 142 valence electrons. The van der Waals surface area contributed by atoms with E-state index in [1.807, 2.05) is 13.8 Å². The molecule has 0 saturated carbocycles. The van der Waals surface area contributed by atoms with Crippen LogP contribution in [-0.2, 0) is 6.42 Å². The first kappa shape index (κ1) is 19.8. The maximum Gasteiger partial charge on any atom is 0.420 e. The summed E-state index contributed by atoms with van der Waals surface area (Å²) in [6, 6.07) is 8.39. The van der Waals surface area contributed by atoms with Gasteiger partial charge in [-0.25, -0.2) is 0 Å². The minimum absolute atomic E-state index is 0.0288. The van der Waals surface area contributed by atoms with Gasteiger partial charge < -0.3 is 4.74 Å². The number of hydrogen-bond donors (Lipinski definition) is 0. The summed E-state index contributed by atoms with van der Waals surface area (Å²) in [6.45, 7) is 3.75. The molecule has 0 spiro atoms. The number of carbonyl (C=O) groups is 1. The standard InChI is InChI=1S/C20H15Cl2F3O2/c1-19(2)10-13-7-12(4-6-17(13)27-19)18(26)15(20(23,24)25)8-11-3-5-14(21)9-16(11)22/h3-9H,10H2,1-2H3. The summed E-state index contributed by atoms with van der Waals surface area (Å²) in [5.41, 5.74) is -1.04. The Labute approximate surface area is 164 Å². The van der Waals surface area contributed by atoms with Crippen molar-refractivity contribution in [3.63, 3.8) is 0 Å². The van der Waals surface area contributed by atoms with Crippen LogP contribution in [0.2, 0.25) is 10.0 Å². The van der Waals surface area contributed by atoms with Gasteiger partial charge >= 0.3 is 6.18 Å². The van der Waals surface area contributed by atoms with Crippen molar-refractivity contribution < 1.29 is 22.7 Å². The zero-order valence-electron chi connectivity index (χ0n) is 14.5. The van der Waals surface area contributed by atoms with Crippen molar-refractivity contribution in [2.24, 2.45) is 0 Å². The lowest BCUT2D eigenvalue weighted by Crippen LogP contribution is -2.24. The number of alkyl halides is 3. The highest BCUT2D eigenvalue weighted by atomic mass is 35.5. The van der Waals surface area contributed by atoms with Crippen molar-refractivity contribution in [2.75, 3.05) is 0 Å². The van der Waals surface area contributed by atoms with E-state index in [1.165, 1.54) is 36.4 Å². The quantitative estimate of drug-likeness (QED) is 0.421. The molecular weight excluding hydrogens is 400 g/mol. The van der Waals surface area contributed by atoms with Crippen LogP contribution >= 0.6 is 23.2 Å². The van der Waals surface area contributed by atoms with Gasteiger partial charge in [-0.05, 0) is 61.4 Å². The molecule has 0 fully saturated rings. The third-order valence-corrected chi connectivity index (χ3v) is 4.70. The van der Waals surface area contributed by atoms with Gasteiger partial charge in [0.15, 0.2) is 5.78 Å². The van der Waals surface area contributed by atoms with E-state index in [0.29, 0.717) is 22.8 Å². The highest BCUT2D eigenvalue weighted by Crippen LogP contribution is 2.37. The van der Waals surface area contributed by atoms with Crippen molar-refractivity contribution in [2.45, 2.75) is 32.0 Å². The predicted octanol–water partition coefficient (Wildman–Crippen LogP) is 6.54. The van der Waals surface area contributed by atoms with Gasteiger partial charge in [0.2, 0.25) is 0 Å². The molecule has 27 heavy (non-hydrogen) atoms. The number of ketones is 1. The van der Waals surface area contributed by atoms with Gasteiger partial charge in [-0.1, -0.05) is 29.3 Å². The van der Waals surface area contributed by atoms with Crippen molar-refractivity contribution in [1.82, 2.24) is 0 Å². The molecular formula is C20H15Cl2F3O2. The zero-order valence-corrected chi connectivity index (χ0v) is 16.0. The molecule has 0 saturated heterocycles. The van der Waals surface area contributed by atoms with E-state index >= 15 is 0 Å². The van der Waals surface area contributed by atoms with Crippen molar-refractivity contribution in [3.8, 4) is 5.75 Å². The van der Waals surface area contributed by atoms with Gasteiger partial charge in [-0.15, -0.1) is 0 Å². The Balaban J connectivity index is 2.02. The number of Topliss-reactive ketones (excluding diaryl/α,β-unsaturated/α-hetero) is 1. The van der Waals surface area contributed by atoms with Crippen LogP contribution < -0.4 is 4.74 Å². The summed E-state index contributed by atoms with van der Waals surface area (Å²) in [5.74, 6) is -0.546. The molecule has 0 aliphatic carbocycles. The topological polar surface area (TPSA) is 26.3 Å². The smallest absolute Gasteiger partial charge is 0.420 e. The average Bonchev–Trinajstić information content (AvgIpc) is 2.85. The van der Waals surface area contributed by atoms with E-state index in [1.54, 1.807) is 0 Å². The second-order valence-electron chi connectivity index (χ2n) is 6.91. The molecule has 0 N–H and O–H groups in total. The monoisotopic (exact) mass is 414 g/mol. The molecule has 1 aliphatic rings. The van der Waals surface area contributed by atoms with Crippen molar-refractivity contribution >= 4 is 35.1 Å². The largest absolute Gasteiger partial charge is 0.487 e. The maximum absolute atomic E-state index is 13.6. The molecule has 0 aromatic heterocycles. The molecule has 1 aliphatic heterocycles. The van der Waals surface area contributed by atoms with Gasteiger partial charge in [0.1, 0.15) is 16.9 Å². The summed E-state index contributed by atoms with van der Waals surface area (Å²) in [4.78, 5) is 12.6. The number of allylic oxidation sites excluding steroid dienone is 1. The van der Waals surface area contributed by atoms with Crippen LogP contribution in [0.3, 0.4) is 0 Å². The summed E-state index contributed by atoms with van der Waals surface area (Å²) in [6.07, 6.45) is -3.58. The molecule has 3 rings (SSSR count). The lowest BCUT2D eigenvalue weighted by atomic mass is 9.96. The molecule has 0 atom stereocenters. The molecule has 1 heterocycles.